The summed E-state index contributed by atoms with van der Waals surface area (Å²) in [6, 6.07) is 6.91. The molecule has 1 heterocycles. The van der Waals surface area contributed by atoms with Gasteiger partial charge in [-0.25, -0.2) is 0 Å². The van der Waals surface area contributed by atoms with Gasteiger partial charge in [0.25, 0.3) is 0 Å². The lowest BCUT2D eigenvalue weighted by Gasteiger charge is -2.32. The van der Waals surface area contributed by atoms with E-state index >= 15 is 0 Å². The Balaban J connectivity index is 2.07. The van der Waals surface area contributed by atoms with Crippen molar-refractivity contribution >= 4 is 29.1 Å². The molecule has 1 aromatic carbocycles. The van der Waals surface area contributed by atoms with E-state index in [1.807, 2.05) is 4.90 Å². The van der Waals surface area contributed by atoms with Crippen LogP contribution in [0.2, 0.25) is 0 Å². The third-order valence-electron chi connectivity index (χ3n) is 4.18. The SMILES string of the molecule is CC(=O)Nc1ccc(N(CC(=O)N2CCCC(C)C2)C(C)=O)cc1. The Morgan fingerprint density at radius 2 is 1.88 bits per heavy atom. The Hall–Kier alpha value is -2.37. The van der Waals surface area contributed by atoms with Gasteiger partial charge in [0.1, 0.15) is 6.54 Å². The summed E-state index contributed by atoms with van der Waals surface area (Å²) in [6.45, 7) is 6.59. The van der Waals surface area contributed by atoms with Crippen LogP contribution in [-0.2, 0) is 14.4 Å². The zero-order chi connectivity index (χ0) is 17.7. The molecule has 6 nitrogen and oxygen atoms in total. The van der Waals surface area contributed by atoms with Crippen molar-refractivity contribution in [1.82, 2.24) is 4.90 Å². The maximum Gasteiger partial charge on any atom is 0.242 e. The van der Waals surface area contributed by atoms with Crippen LogP contribution < -0.4 is 10.2 Å². The number of anilines is 2. The van der Waals surface area contributed by atoms with Crippen LogP contribution in [0.4, 0.5) is 11.4 Å². The van der Waals surface area contributed by atoms with Gasteiger partial charge in [0.15, 0.2) is 0 Å². The molecule has 1 aromatic rings. The van der Waals surface area contributed by atoms with Crippen LogP contribution in [0.5, 0.6) is 0 Å². The van der Waals surface area contributed by atoms with E-state index in [9.17, 15) is 14.4 Å². The summed E-state index contributed by atoms with van der Waals surface area (Å²) in [5.74, 6) is 0.148. The third-order valence-corrected chi connectivity index (χ3v) is 4.18. The Bertz CT molecular complexity index is 612. The average Bonchev–Trinajstić information content (AvgIpc) is 2.52. The Kier molecular flexibility index (Phi) is 5.95. The molecule has 1 N–H and O–H groups in total. The molecule has 130 valence electrons. The van der Waals surface area contributed by atoms with Crippen LogP contribution in [0.15, 0.2) is 24.3 Å². The number of carbonyl (C=O) groups is 3. The predicted molar refractivity (Wildman–Crippen MR) is 93.8 cm³/mol. The lowest BCUT2D eigenvalue weighted by molar-refractivity contribution is -0.132. The first kappa shape index (κ1) is 18.0. The summed E-state index contributed by atoms with van der Waals surface area (Å²) in [5, 5.41) is 2.68. The number of hydrogen-bond acceptors (Lipinski definition) is 3. The van der Waals surface area contributed by atoms with E-state index < -0.39 is 0 Å². The molecule has 1 aliphatic rings. The second-order valence-electron chi connectivity index (χ2n) is 6.42. The van der Waals surface area contributed by atoms with E-state index in [2.05, 4.69) is 12.2 Å². The minimum Gasteiger partial charge on any atom is -0.341 e. The molecular formula is C18H25N3O3. The number of likely N-dealkylation sites (tertiary alicyclic amines) is 1. The fourth-order valence-electron chi connectivity index (χ4n) is 2.96. The molecule has 1 saturated heterocycles. The summed E-state index contributed by atoms with van der Waals surface area (Å²) in [7, 11) is 0. The Morgan fingerprint density at radius 1 is 1.21 bits per heavy atom. The molecule has 0 aliphatic carbocycles. The van der Waals surface area contributed by atoms with Gasteiger partial charge < -0.3 is 15.1 Å². The molecule has 0 saturated carbocycles. The summed E-state index contributed by atoms with van der Waals surface area (Å²) in [6.07, 6.45) is 2.16. The van der Waals surface area contributed by atoms with Gasteiger partial charge in [-0.15, -0.1) is 0 Å². The highest BCUT2D eigenvalue weighted by atomic mass is 16.2. The topological polar surface area (TPSA) is 69.7 Å². The van der Waals surface area contributed by atoms with E-state index in [-0.39, 0.29) is 24.3 Å². The first-order valence-corrected chi connectivity index (χ1v) is 8.30. The first-order valence-electron chi connectivity index (χ1n) is 8.30. The maximum atomic E-state index is 12.5. The number of benzene rings is 1. The molecule has 0 bridgehead atoms. The van der Waals surface area contributed by atoms with Gasteiger partial charge in [-0.05, 0) is 43.0 Å². The normalized spacial score (nSPS) is 17.3. The first-order chi connectivity index (χ1) is 11.4. The number of carbonyl (C=O) groups excluding carboxylic acids is 3. The minimum absolute atomic E-state index is 0.0253. The van der Waals surface area contributed by atoms with E-state index in [1.165, 1.54) is 18.7 Å². The zero-order valence-electron chi connectivity index (χ0n) is 14.5. The second-order valence-corrected chi connectivity index (χ2v) is 6.42. The highest BCUT2D eigenvalue weighted by molar-refractivity contribution is 5.98. The molecule has 1 atom stereocenters. The van der Waals surface area contributed by atoms with Crippen molar-refractivity contribution in [3.05, 3.63) is 24.3 Å². The summed E-state index contributed by atoms with van der Waals surface area (Å²) < 4.78 is 0. The average molecular weight is 331 g/mol. The standard InChI is InChI=1S/C18H25N3O3/c1-13-5-4-10-20(11-13)18(24)12-21(15(3)23)17-8-6-16(7-9-17)19-14(2)22/h6-9,13H,4-5,10-12H2,1-3H3,(H,19,22). The van der Waals surface area contributed by atoms with Gasteiger partial charge in [0, 0.05) is 38.3 Å². The van der Waals surface area contributed by atoms with Gasteiger partial charge in [-0.2, -0.15) is 0 Å². The molecule has 0 radical (unpaired) electrons. The number of nitrogens with one attached hydrogen (secondary N) is 1. The third kappa shape index (κ3) is 4.81. The van der Waals surface area contributed by atoms with Crippen molar-refractivity contribution in [3.8, 4) is 0 Å². The van der Waals surface area contributed by atoms with Gasteiger partial charge in [-0.3, -0.25) is 14.4 Å². The van der Waals surface area contributed by atoms with Crippen molar-refractivity contribution in [2.24, 2.45) is 5.92 Å². The fraction of sp³-hybridized carbons (Fsp3) is 0.500. The molecule has 24 heavy (non-hydrogen) atoms. The van der Waals surface area contributed by atoms with E-state index in [1.54, 1.807) is 24.3 Å². The van der Waals surface area contributed by atoms with Crippen LogP contribution in [-0.4, -0.2) is 42.3 Å². The van der Waals surface area contributed by atoms with Crippen LogP contribution >= 0.6 is 0 Å². The van der Waals surface area contributed by atoms with E-state index in [0.29, 0.717) is 17.3 Å². The lowest BCUT2D eigenvalue weighted by atomic mass is 10.0. The van der Waals surface area contributed by atoms with Crippen molar-refractivity contribution in [2.75, 3.05) is 29.9 Å². The number of rotatable bonds is 4. The molecule has 0 aromatic heterocycles. The van der Waals surface area contributed by atoms with Crippen LogP contribution in [0.25, 0.3) is 0 Å². The minimum atomic E-state index is -0.180. The smallest absolute Gasteiger partial charge is 0.242 e. The summed E-state index contributed by atoms with van der Waals surface area (Å²) in [4.78, 5) is 38.9. The molecule has 1 unspecified atom stereocenters. The van der Waals surface area contributed by atoms with E-state index in [0.717, 1.165) is 25.9 Å². The van der Waals surface area contributed by atoms with Crippen LogP contribution in [0.3, 0.4) is 0 Å². The highest BCUT2D eigenvalue weighted by Gasteiger charge is 2.24. The number of nitrogens with zero attached hydrogens (tertiary/aromatic N) is 2. The monoisotopic (exact) mass is 331 g/mol. The predicted octanol–water partition coefficient (Wildman–Crippen LogP) is 2.26. The van der Waals surface area contributed by atoms with Gasteiger partial charge in [-0.1, -0.05) is 6.92 Å². The Labute approximate surface area is 142 Å². The molecule has 3 amide bonds. The fourth-order valence-corrected chi connectivity index (χ4v) is 2.96. The van der Waals surface area contributed by atoms with Crippen LogP contribution in [0.1, 0.15) is 33.6 Å². The van der Waals surface area contributed by atoms with E-state index in [4.69, 9.17) is 0 Å². The van der Waals surface area contributed by atoms with Crippen molar-refractivity contribution in [1.29, 1.82) is 0 Å². The largest absolute Gasteiger partial charge is 0.341 e. The maximum absolute atomic E-state index is 12.5. The number of hydrogen-bond donors (Lipinski definition) is 1. The quantitative estimate of drug-likeness (QED) is 0.920. The molecule has 2 rings (SSSR count). The Morgan fingerprint density at radius 3 is 2.42 bits per heavy atom. The van der Waals surface area contributed by atoms with Crippen LogP contribution in [0, 0.1) is 5.92 Å². The molecule has 1 aliphatic heterocycles. The summed E-state index contributed by atoms with van der Waals surface area (Å²) >= 11 is 0. The molecular weight excluding hydrogens is 306 g/mol. The van der Waals surface area contributed by atoms with Crippen molar-refractivity contribution < 1.29 is 14.4 Å². The molecule has 6 heteroatoms. The van der Waals surface area contributed by atoms with Gasteiger partial charge >= 0.3 is 0 Å². The van der Waals surface area contributed by atoms with Gasteiger partial charge in [0.2, 0.25) is 17.7 Å². The van der Waals surface area contributed by atoms with Crippen molar-refractivity contribution in [3.63, 3.8) is 0 Å². The summed E-state index contributed by atoms with van der Waals surface area (Å²) in [5.41, 5.74) is 1.31. The van der Waals surface area contributed by atoms with Crippen molar-refractivity contribution in [2.45, 2.75) is 33.6 Å². The highest BCUT2D eigenvalue weighted by Crippen LogP contribution is 2.20. The second kappa shape index (κ2) is 7.95. The number of amides is 3. The molecule has 1 fully saturated rings. The zero-order valence-corrected chi connectivity index (χ0v) is 14.5. The number of piperidine rings is 1. The lowest BCUT2D eigenvalue weighted by Crippen LogP contribution is -2.46. The van der Waals surface area contributed by atoms with Gasteiger partial charge in [0.05, 0.1) is 0 Å². The molecule has 0 spiro atoms.